The molecule has 1 aliphatic rings. The number of carboxylic acid groups (broad SMARTS) is 1. The Morgan fingerprint density at radius 2 is 1.86 bits per heavy atom. The fourth-order valence-corrected chi connectivity index (χ4v) is 3.10. The van der Waals surface area contributed by atoms with Crippen LogP contribution in [0.5, 0.6) is 11.5 Å². The van der Waals surface area contributed by atoms with Crippen LogP contribution in [0.25, 0.3) is 11.3 Å². The lowest BCUT2D eigenvalue weighted by molar-refractivity contribution is 0.0694. The summed E-state index contributed by atoms with van der Waals surface area (Å²) in [6, 6.07) is 5.14. The molecule has 1 aliphatic heterocycles. The van der Waals surface area contributed by atoms with Gasteiger partial charge < -0.3 is 23.9 Å². The molecule has 1 aromatic heterocycles. The van der Waals surface area contributed by atoms with E-state index in [1.54, 1.807) is 18.8 Å². The molecule has 158 valence electrons. The molecular weight excluding hydrogens is 374 g/mol. The SMILES string of the molecule is CCC.COCCCOc1cc2c(cc1OC)-c1cc(=O)c(C(=O)O)cn1CC2. The van der Waals surface area contributed by atoms with Crippen molar-refractivity contribution in [3.63, 3.8) is 0 Å². The number of hydrogen-bond donors (Lipinski definition) is 1. The Bertz CT molecular complexity index is 903. The molecule has 0 saturated heterocycles. The van der Waals surface area contributed by atoms with E-state index >= 15 is 0 Å². The quantitative estimate of drug-likeness (QED) is 0.711. The van der Waals surface area contributed by atoms with Gasteiger partial charge in [0.05, 0.1) is 19.4 Å². The van der Waals surface area contributed by atoms with E-state index in [1.165, 1.54) is 18.7 Å². The number of carboxylic acids is 1. The molecular formula is C22H29NO6. The summed E-state index contributed by atoms with van der Waals surface area (Å²) in [5.41, 5.74) is 1.85. The van der Waals surface area contributed by atoms with Gasteiger partial charge >= 0.3 is 5.97 Å². The van der Waals surface area contributed by atoms with Crippen molar-refractivity contribution in [1.29, 1.82) is 0 Å². The second kappa shape index (κ2) is 10.7. The van der Waals surface area contributed by atoms with Crippen molar-refractivity contribution in [3.05, 3.63) is 45.7 Å². The molecule has 0 amide bonds. The molecule has 0 aliphatic carbocycles. The van der Waals surface area contributed by atoms with Gasteiger partial charge in [-0.25, -0.2) is 4.79 Å². The second-order valence-corrected chi connectivity index (χ2v) is 6.75. The number of ether oxygens (including phenoxy) is 3. The van der Waals surface area contributed by atoms with Gasteiger partial charge in [0.1, 0.15) is 5.56 Å². The molecule has 2 aromatic rings. The fourth-order valence-electron chi connectivity index (χ4n) is 3.10. The third-order valence-electron chi connectivity index (χ3n) is 4.40. The van der Waals surface area contributed by atoms with Gasteiger partial charge in [-0.05, 0) is 24.1 Å². The number of fused-ring (bicyclic) bond motifs is 3. The summed E-state index contributed by atoms with van der Waals surface area (Å²) in [6.07, 6.45) is 4.14. The van der Waals surface area contributed by atoms with E-state index in [2.05, 4.69) is 13.8 Å². The van der Waals surface area contributed by atoms with Crippen LogP contribution >= 0.6 is 0 Å². The predicted molar refractivity (Wildman–Crippen MR) is 111 cm³/mol. The maximum Gasteiger partial charge on any atom is 0.341 e. The molecule has 0 bridgehead atoms. The number of carbonyl (C=O) groups is 1. The summed E-state index contributed by atoms with van der Waals surface area (Å²) >= 11 is 0. The van der Waals surface area contributed by atoms with E-state index < -0.39 is 11.4 Å². The van der Waals surface area contributed by atoms with Gasteiger partial charge in [-0.2, -0.15) is 0 Å². The van der Waals surface area contributed by atoms with Crippen LogP contribution in [0, 0.1) is 0 Å². The first-order valence-electron chi connectivity index (χ1n) is 9.77. The van der Waals surface area contributed by atoms with E-state index in [4.69, 9.17) is 19.3 Å². The molecule has 7 nitrogen and oxygen atoms in total. The number of rotatable bonds is 7. The van der Waals surface area contributed by atoms with Crippen LogP contribution in [-0.2, 0) is 17.7 Å². The number of aromatic nitrogens is 1. The Kier molecular flexibility index (Phi) is 8.27. The van der Waals surface area contributed by atoms with Crippen LogP contribution in [0.15, 0.2) is 29.2 Å². The number of benzene rings is 1. The van der Waals surface area contributed by atoms with Crippen molar-refractivity contribution in [1.82, 2.24) is 4.57 Å². The molecule has 0 radical (unpaired) electrons. The van der Waals surface area contributed by atoms with Crippen molar-refractivity contribution in [2.24, 2.45) is 0 Å². The van der Waals surface area contributed by atoms with Gasteiger partial charge in [-0.3, -0.25) is 4.79 Å². The Labute approximate surface area is 170 Å². The lowest BCUT2D eigenvalue weighted by Gasteiger charge is -2.24. The third-order valence-corrected chi connectivity index (χ3v) is 4.40. The van der Waals surface area contributed by atoms with Crippen LogP contribution in [0.3, 0.4) is 0 Å². The summed E-state index contributed by atoms with van der Waals surface area (Å²) in [5.74, 6) is 0.0122. The first-order chi connectivity index (χ1) is 14.0. The largest absolute Gasteiger partial charge is 0.493 e. The van der Waals surface area contributed by atoms with Crippen LogP contribution in [0.4, 0.5) is 0 Å². The van der Waals surface area contributed by atoms with E-state index in [0.717, 1.165) is 17.5 Å². The minimum absolute atomic E-state index is 0.220. The van der Waals surface area contributed by atoms with Crippen LogP contribution < -0.4 is 14.9 Å². The van der Waals surface area contributed by atoms with Gasteiger partial charge in [-0.1, -0.05) is 20.3 Å². The highest BCUT2D eigenvalue weighted by molar-refractivity contribution is 5.87. The number of methoxy groups -OCH3 is 2. The second-order valence-electron chi connectivity index (χ2n) is 6.75. The standard InChI is InChI=1S/C19H21NO6.C3H8/c1-24-6-3-7-26-18-8-12-4-5-20-11-14(19(22)23)16(21)10-15(20)13(12)9-17(18)25-2;1-3-2/h8-11H,3-7H2,1-2H3,(H,22,23);3H2,1-2H3. The predicted octanol–water partition coefficient (Wildman–Crippen LogP) is 3.61. The number of aromatic carboxylic acids is 1. The summed E-state index contributed by atoms with van der Waals surface area (Å²) in [7, 11) is 3.21. The maximum atomic E-state index is 12.1. The lowest BCUT2D eigenvalue weighted by Crippen LogP contribution is -2.22. The zero-order valence-corrected chi connectivity index (χ0v) is 17.5. The molecule has 0 atom stereocenters. The Hall–Kier alpha value is -2.80. The average molecular weight is 403 g/mol. The topological polar surface area (TPSA) is 87.0 Å². The number of aryl methyl sites for hydroxylation is 2. The molecule has 1 N–H and O–H groups in total. The van der Waals surface area contributed by atoms with Crippen molar-refractivity contribution in [2.45, 2.75) is 39.7 Å². The van der Waals surface area contributed by atoms with E-state index in [1.807, 2.05) is 12.1 Å². The highest BCUT2D eigenvalue weighted by Gasteiger charge is 2.22. The van der Waals surface area contributed by atoms with Gasteiger partial charge in [0.25, 0.3) is 0 Å². The first kappa shape index (κ1) is 22.5. The van der Waals surface area contributed by atoms with Crippen LogP contribution in [0.1, 0.15) is 42.6 Å². The highest BCUT2D eigenvalue weighted by Crippen LogP contribution is 2.38. The highest BCUT2D eigenvalue weighted by atomic mass is 16.5. The third kappa shape index (κ3) is 5.38. The fraction of sp³-hybridized carbons (Fsp3) is 0.455. The van der Waals surface area contributed by atoms with Crippen molar-refractivity contribution in [3.8, 4) is 22.8 Å². The maximum absolute atomic E-state index is 12.1. The summed E-state index contributed by atoms with van der Waals surface area (Å²) in [6.45, 7) is 5.98. The van der Waals surface area contributed by atoms with Gasteiger partial charge in [0.2, 0.25) is 0 Å². The Morgan fingerprint density at radius 3 is 2.48 bits per heavy atom. The Balaban J connectivity index is 0.000000941. The number of nitrogens with zero attached hydrogens (tertiary/aromatic N) is 1. The monoisotopic (exact) mass is 403 g/mol. The van der Waals surface area contributed by atoms with Crippen LogP contribution in [-0.4, -0.2) is 43.1 Å². The van der Waals surface area contributed by atoms with Gasteiger partial charge in [0.15, 0.2) is 16.9 Å². The molecule has 0 fully saturated rings. The normalized spacial score (nSPS) is 11.6. The Morgan fingerprint density at radius 1 is 1.14 bits per heavy atom. The number of pyridine rings is 1. The van der Waals surface area contributed by atoms with Crippen LogP contribution in [0.2, 0.25) is 0 Å². The molecule has 7 heteroatoms. The zero-order chi connectivity index (χ0) is 21.4. The summed E-state index contributed by atoms with van der Waals surface area (Å²) in [4.78, 5) is 23.3. The smallest absolute Gasteiger partial charge is 0.341 e. The van der Waals surface area contributed by atoms with E-state index in [0.29, 0.717) is 43.4 Å². The summed E-state index contributed by atoms with van der Waals surface area (Å²) < 4.78 is 18.1. The molecule has 0 spiro atoms. The lowest BCUT2D eigenvalue weighted by atomic mass is 9.96. The van der Waals surface area contributed by atoms with Crippen molar-refractivity contribution in [2.75, 3.05) is 27.4 Å². The minimum atomic E-state index is -1.21. The summed E-state index contributed by atoms with van der Waals surface area (Å²) in [5, 5.41) is 9.14. The van der Waals surface area contributed by atoms with Gasteiger partial charge in [0, 0.05) is 44.5 Å². The molecule has 3 rings (SSSR count). The van der Waals surface area contributed by atoms with Crippen molar-refractivity contribution < 1.29 is 24.1 Å². The molecule has 0 unspecified atom stereocenters. The zero-order valence-electron chi connectivity index (χ0n) is 17.5. The van der Waals surface area contributed by atoms with Crippen molar-refractivity contribution >= 4 is 5.97 Å². The van der Waals surface area contributed by atoms with E-state index in [9.17, 15) is 9.59 Å². The van der Waals surface area contributed by atoms with Gasteiger partial charge in [-0.15, -0.1) is 0 Å². The first-order valence-corrected chi connectivity index (χ1v) is 9.77. The minimum Gasteiger partial charge on any atom is -0.493 e. The number of hydrogen-bond acceptors (Lipinski definition) is 5. The molecule has 0 saturated carbocycles. The van der Waals surface area contributed by atoms with E-state index in [-0.39, 0.29) is 5.56 Å². The molecule has 29 heavy (non-hydrogen) atoms. The molecule has 2 heterocycles. The molecule has 1 aromatic carbocycles. The average Bonchev–Trinajstić information content (AvgIpc) is 2.70.